The van der Waals surface area contributed by atoms with Crippen LogP contribution in [-0.2, 0) is 9.59 Å². The van der Waals surface area contributed by atoms with Gasteiger partial charge in [-0.15, -0.1) is 0 Å². The molecule has 0 atom stereocenters. The van der Waals surface area contributed by atoms with Gasteiger partial charge in [0.1, 0.15) is 5.75 Å². The van der Waals surface area contributed by atoms with Crippen LogP contribution < -0.4 is 10.1 Å². The van der Waals surface area contributed by atoms with Crippen LogP contribution in [0, 0.1) is 6.92 Å². The van der Waals surface area contributed by atoms with E-state index in [2.05, 4.69) is 21.2 Å². The molecule has 0 unspecified atom stereocenters. The number of benzene rings is 1. The summed E-state index contributed by atoms with van der Waals surface area (Å²) in [6.45, 7) is 2.28. The molecule has 6 heteroatoms. The van der Waals surface area contributed by atoms with Gasteiger partial charge in [-0.1, -0.05) is 15.9 Å². The predicted molar refractivity (Wildman–Crippen MR) is 84.3 cm³/mol. The molecule has 0 saturated heterocycles. The number of nitrogens with one attached hydrogen (secondary N) is 1. The highest BCUT2D eigenvalue weighted by molar-refractivity contribution is 9.10. The third-order valence-corrected chi connectivity index (χ3v) is 3.20. The maximum absolute atomic E-state index is 11.1. The number of aryl methyl sites for hydroxylation is 1. The summed E-state index contributed by atoms with van der Waals surface area (Å²) in [5.74, 6) is -0.414. The van der Waals surface area contributed by atoms with E-state index in [1.807, 2.05) is 13.0 Å². The third kappa shape index (κ3) is 5.99. The molecule has 0 radical (unpaired) electrons. The summed E-state index contributed by atoms with van der Waals surface area (Å²) in [6, 6.07) is 3.69. The van der Waals surface area contributed by atoms with E-state index in [1.165, 1.54) is 6.08 Å². The molecule has 0 saturated carbocycles. The molecule has 1 aromatic carbocycles. The van der Waals surface area contributed by atoms with Crippen molar-refractivity contribution in [2.45, 2.75) is 19.8 Å². The van der Waals surface area contributed by atoms with Crippen LogP contribution >= 0.6 is 15.9 Å². The number of amides is 1. The molecule has 0 aromatic heterocycles. The van der Waals surface area contributed by atoms with Crippen LogP contribution in [0.2, 0.25) is 0 Å². The van der Waals surface area contributed by atoms with Crippen LogP contribution in [-0.4, -0.2) is 30.6 Å². The second kappa shape index (κ2) is 8.46. The highest BCUT2D eigenvalue weighted by Gasteiger charge is 2.08. The zero-order valence-electron chi connectivity index (χ0n) is 12.0. The fraction of sp³-hybridized carbons (Fsp3) is 0.333. The zero-order valence-corrected chi connectivity index (χ0v) is 13.6. The fourth-order valence-electron chi connectivity index (χ4n) is 1.77. The van der Waals surface area contributed by atoms with Gasteiger partial charge in [0.2, 0.25) is 5.91 Å². The van der Waals surface area contributed by atoms with Gasteiger partial charge in [-0.2, -0.15) is 0 Å². The number of carboxylic acid groups (broad SMARTS) is 1. The number of carbonyl (C=O) groups excluding carboxylic acids is 1. The van der Waals surface area contributed by atoms with Gasteiger partial charge in [0.05, 0.1) is 6.61 Å². The lowest BCUT2D eigenvalue weighted by Gasteiger charge is -2.13. The molecule has 1 amide bonds. The molecule has 0 aliphatic rings. The summed E-state index contributed by atoms with van der Waals surface area (Å²) in [7, 11) is 1.59. The van der Waals surface area contributed by atoms with E-state index >= 15 is 0 Å². The van der Waals surface area contributed by atoms with Gasteiger partial charge in [-0.3, -0.25) is 4.79 Å². The van der Waals surface area contributed by atoms with E-state index in [-0.39, 0.29) is 5.91 Å². The van der Waals surface area contributed by atoms with Crippen molar-refractivity contribution in [1.29, 1.82) is 0 Å². The first-order valence-electron chi connectivity index (χ1n) is 6.48. The largest absolute Gasteiger partial charge is 0.493 e. The van der Waals surface area contributed by atoms with Gasteiger partial charge in [-0.05, 0) is 37.1 Å². The van der Waals surface area contributed by atoms with Gasteiger partial charge < -0.3 is 15.2 Å². The normalized spacial score (nSPS) is 10.6. The molecule has 2 N–H and O–H groups in total. The predicted octanol–water partition coefficient (Wildman–Crippen LogP) is 2.76. The summed E-state index contributed by atoms with van der Waals surface area (Å²) in [6.07, 6.45) is 3.55. The molecule has 0 fully saturated rings. The SMILES string of the molecule is CNC(=O)CCCOc1c(C)cc(Br)cc1/C=C/C(=O)O. The fourth-order valence-corrected chi connectivity index (χ4v) is 2.36. The average molecular weight is 356 g/mol. The number of hydrogen-bond donors (Lipinski definition) is 2. The van der Waals surface area contributed by atoms with Crippen molar-refractivity contribution in [1.82, 2.24) is 5.32 Å². The number of ether oxygens (including phenoxy) is 1. The summed E-state index contributed by atoms with van der Waals surface area (Å²) in [4.78, 5) is 21.8. The van der Waals surface area contributed by atoms with E-state index < -0.39 is 5.97 Å². The molecular formula is C15H18BrNO4. The first-order chi connectivity index (χ1) is 9.93. The van der Waals surface area contributed by atoms with E-state index in [0.29, 0.717) is 30.8 Å². The van der Waals surface area contributed by atoms with Crippen LogP contribution in [0.4, 0.5) is 0 Å². The summed E-state index contributed by atoms with van der Waals surface area (Å²) in [5, 5.41) is 11.3. The second-order valence-corrected chi connectivity index (χ2v) is 5.35. The Labute approximate surface area is 132 Å². The number of carbonyl (C=O) groups is 2. The van der Waals surface area contributed by atoms with Crippen molar-refractivity contribution >= 4 is 33.9 Å². The maximum atomic E-state index is 11.1. The van der Waals surface area contributed by atoms with Gasteiger partial charge >= 0.3 is 5.97 Å². The quantitative estimate of drug-likeness (QED) is 0.582. The molecule has 0 aliphatic heterocycles. The Bertz CT molecular complexity index is 555. The number of carboxylic acids is 1. The number of hydrogen-bond acceptors (Lipinski definition) is 3. The smallest absolute Gasteiger partial charge is 0.328 e. The molecule has 0 spiro atoms. The molecule has 5 nitrogen and oxygen atoms in total. The molecule has 0 aliphatic carbocycles. The Hall–Kier alpha value is -1.82. The molecule has 0 bridgehead atoms. The van der Waals surface area contributed by atoms with Crippen LogP contribution in [0.1, 0.15) is 24.0 Å². The lowest BCUT2D eigenvalue weighted by Crippen LogP contribution is -2.18. The van der Waals surface area contributed by atoms with Gasteiger partial charge in [0.15, 0.2) is 0 Å². The van der Waals surface area contributed by atoms with Crippen molar-refractivity contribution in [3.8, 4) is 5.75 Å². The molecule has 0 heterocycles. The Balaban J connectivity index is 2.79. The topological polar surface area (TPSA) is 75.6 Å². The Kier molecular flexibility index (Phi) is 6.94. The minimum absolute atomic E-state index is 0.0304. The summed E-state index contributed by atoms with van der Waals surface area (Å²) in [5.41, 5.74) is 1.58. The van der Waals surface area contributed by atoms with Gasteiger partial charge in [0, 0.05) is 29.6 Å². The van der Waals surface area contributed by atoms with Crippen molar-refractivity contribution < 1.29 is 19.4 Å². The Morgan fingerprint density at radius 1 is 1.43 bits per heavy atom. The van der Waals surface area contributed by atoms with Crippen molar-refractivity contribution in [2.75, 3.05) is 13.7 Å². The van der Waals surface area contributed by atoms with Gasteiger partial charge in [-0.25, -0.2) is 4.79 Å². The molecule has 1 rings (SSSR count). The minimum atomic E-state index is -1.02. The number of rotatable bonds is 7. The molecule has 21 heavy (non-hydrogen) atoms. The van der Waals surface area contributed by atoms with E-state index in [9.17, 15) is 9.59 Å². The Morgan fingerprint density at radius 2 is 2.14 bits per heavy atom. The van der Waals surface area contributed by atoms with E-state index in [0.717, 1.165) is 16.1 Å². The highest BCUT2D eigenvalue weighted by atomic mass is 79.9. The standard InChI is InChI=1S/C15H18BrNO4/c1-10-8-12(16)9-11(5-6-14(19)20)15(10)21-7-3-4-13(18)17-2/h5-6,8-9H,3-4,7H2,1-2H3,(H,17,18)(H,19,20)/b6-5+. The monoisotopic (exact) mass is 355 g/mol. The van der Waals surface area contributed by atoms with Crippen molar-refractivity contribution in [3.63, 3.8) is 0 Å². The van der Waals surface area contributed by atoms with Crippen LogP contribution in [0.5, 0.6) is 5.75 Å². The van der Waals surface area contributed by atoms with Gasteiger partial charge in [0.25, 0.3) is 0 Å². The second-order valence-electron chi connectivity index (χ2n) is 4.44. The van der Waals surface area contributed by atoms with Crippen molar-refractivity contribution in [2.24, 2.45) is 0 Å². The van der Waals surface area contributed by atoms with Crippen LogP contribution in [0.3, 0.4) is 0 Å². The first-order valence-corrected chi connectivity index (χ1v) is 7.28. The number of aliphatic carboxylic acids is 1. The lowest BCUT2D eigenvalue weighted by atomic mass is 10.1. The third-order valence-electron chi connectivity index (χ3n) is 2.75. The zero-order chi connectivity index (χ0) is 15.8. The summed E-state index contributed by atoms with van der Waals surface area (Å²) >= 11 is 3.37. The first kappa shape index (κ1) is 17.2. The lowest BCUT2D eigenvalue weighted by molar-refractivity contribution is -0.131. The summed E-state index contributed by atoms with van der Waals surface area (Å²) < 4.78 is 6.55. The van der Waals surface area contributed by atoms with E-state index in [4.69, 9.17) is 9.84 Å². The molecule has 1 aromatic rings. The number of halogens is 1. The van der Waals surface area contributed by atoms with Crippen LogP contribution in [0.15, 0.2) is 22.7 Å². The maximum Gasteiger partial charge on any atom is 0.328 e. The van der Waals surface area contributed by atoms with E-state index in [1.54, 1.807) is 13.1 Å². The minimum Gasteiger partial charge on any atom is -0.493 e. The molecular weight excluding hydrogens is 338 g/mol. The average Bonchev–Trinajstić information content (AvgIpc) is 2.42. The molecule has 114 valence electrons. The Morgan fingerprint density at radius 3 is 2.76 bits per heavy atom. The highest BCUT2D eigenvalue weighted by Crippen LogP contribution is 2.29. The van der Waals surface area contributed by atoms with Crippen molar-refractivity contribution in [3.05, 3.63) is 33.8 Å². The van der Waals surface area contributed by atoms with Crippen LogP contribution in [0.25, 0.3) is 6.08 Å².